The van der Waals surface area contributed by atoms with Crippen LogP contribution in [0, 0.1) is 12.7 Å². The first-order chi connectivity index (χ1) is 8.86. The van der Waals surface area contributed by atoms with Crippen LogP contribution in [0.3, 0.4) is 0 Å². The van der Waals surface area contributed by atoms with Crippen LogP contribution in [0.5, 0.6) is 0 Å². The largest absolute Gasteiger partial charge is 0.463 e. The van der Waals surface area contributed by atoms with E-state index in [-0.39, 0.29) is 23.4 Å². The maximum absolute atomic E-state index is 13.8. The van der Waals surface area contributed by atoms with Gasteiger partial charge < -0.3 is 15.2 Å². The average molecular weight is 269 g/mol. The Morgan fingerprint density at radius 2 is 2.05 bits per heavy atom. The van der Waals surface area contributed by atoms with Crippen molar-refractivity contribution in [1.29, 1.82) is 0 Å². The van der Waals surface area contributed by atoms with Crippen LogP contribution in [0.1, 0.15) is 29.8 Å². The number of halogens is 1. The van der Waals surface area contributed by atoms with Crippen LogP contribution >= 0.6 is 0 Å². The summed E-state index contributed by atoms with van der Waals surface area (Å²) in [6.45, 7) is 4.64. The van der Waals surface area contributed by atoms with Gasteiger partial charge in [0.05, 0.1) is 12.2 Å². The molecule has 1 rings (SSSR count). The highest BCUT2D eigenvalue weighted by atomic mass is 19.1. The van der Waals surface area contributed by atoms with Gasteiger partial charge in [-0.25, -0.2) is 14.0 Å². The molecule has 0 aliphatic heterocycles. The summed E-state index contributed by atoms with van der Waals surface area (Å²) in [5.41, 5.74) is 5.72. The van der Waals surface area contributed by atoms with Gasteiger partial charge in [0.2, 0.25) is 0 Å². The van der Waals surface area contributed by atoms with Crippen molar-refractivity contribution in [3.63, 3.8) is 0 Å². The van der Waals surface area contributed by atoms with Crippen molar-refractivity contribution in [2.24, 2.45) is 0 Å². The lowest BCUT2D eigenvalue weighted by atomic mass is 10.1. The molecule has 2 N–H and O–H groups in total. The Hall–Kier alpha value is -2.11. The Labute approximate surface area is 110 Å². The molecular formula is C13H16FNO4. The van der Waals surface area contributed by atoms with Gasteiger partial charge in [0, 0.05) is 5.69 Å². The molecule has 1 aromatic rings. The van der Waals surface area contributed by atoms with Gasteiger partial charge >= 0.3 is 11.9 Å². The number of nitrogen functional groups attached to an aromatic ring is 1. The molecule has 1 unspecified atom stereocenters. The van der Waals surface area contributed by atoms with Gasteiger partial charge in [-0.3, -0.25) is 0 Å². The summed E-state index contributed by atoms with van der Waals surface area (Å²) in [5.74, 6) is -2.35. The first kappa shape index (κ1) is 14.9. The fraction of sp³-hybridized carbons (Fsp3) is 0.385. The zero-order chi connectivity index (χ0) is 14.6. The first-order valence-electron chi connectivity index (χ1n) is 5.80. The molecule has 0 bridgehead atoms. The summed E-state index contributed by atoms with van der Waals surface area (Å²) in [4.78, 5) is 23.1. The standard InChI is InChI=1S/C13H16FNO4/c1-4-18-12(16)8(3)19-13(17)10-6-9(15)5-7(2)11(10)14/h5-6,8H,4,15H2,1-3H3. The lowest BCUT2D eigenvalue weighted by Crippen LogP contribution is -2.26. The van der Waals surface area contributed by atoms with Crippen LogP contribution in [0.4, 0.5) is 10.1 Å². The predicted molar refractivity (Wildman–Crippen MR) is 67.1 cm³/mol. The van der Waals surface area contributed by atoms with Crippen molar-refractivity contribution in [1.82, 2.24) is 0 Å². The molecule has 0 spiro atoms. The van der Waals surface area contributed by atoms with E-state index in [1.165, 1.54) is 26.0 Å². The molecule has 6 heteroatoms. The average Bonchev–Trinajstić information content (AvgIpc) is 2.33. The van der Waals surface area contributed by atoms with Crippen molar-refractivity contribution in [3.8, 4) is 0 Å². The van der Waals surface area contributed by atoms with Gasteiger partial charge in [-0.2, -0.15) is 0 Å². The van der Waals surface area contributed by atoms with E-state index in [2.05, 4.69) is 4.74 Å². The summed E-state index contributed by atoms with van der Waals surface area (Å²) < 4.78 is 23.3. The maximum Gasteiger partial charge on any atom is 0.347 e. The predicted octanol–water partition coefficient (Wildman–Crippen LogP) is 1.82. The Morgan fingerprint density at radius 3 is 2.63 bits per heavy atom. The van der Waals surface area contributed by atoms with E-state index in [4.69, 9.17) is 10.5 Å². The number of ether oxygens (including phenoxy) is 2. The second-order valence-corrected chi connectivity index (χ2v) is 4.00. The zero-order valence-corrected chi connectivity index (χ0v) is 11.0. The van der Waals surface area contributed by atoms with E-state index < -0.39 is 23.9 Å². The number of carbonyl (C=O) groups excluding carboxylic acids is 2. The van der Waals surface area contributed by atoms with Crippen LogP contribution in [0.25, 0.3) is 0 Å². The third-order valence-electron chi connectivity index (χ3n) is 2.40. The van der Waals surface area contributed by atoms with Crippen molar-refractivity contribution in [2.75, 3.05) is 12.3 Å². The highest BCUT2D eigenvalue weighted by molar-refractivity contribution is 5.92. The lowest BCUT2D eigenvalue weighted by molar-refractivity contribution is -0.152. The second kappa shape index (κ2) is 6.17. The molecule has 0 fully saturated rings. The minimum absolute atomic E-state index is 0.173. The monoisotopic (exact) mass is 269 g/mol. The first-order valence-corrected chi connectivity index (χ1v) is 5.80. The number of nitrogens with two attached hydrogens (primary N) is 1. The Morgan fingerprint density at radius 1 is 1.42 bits per heavy atom. The quantitative estimate of drug-likeness (QED) is 0.666. The minimum Gasteiger partial charge on any atom is -0.463 e. The van der Waals surface area contributed by atoms with Gasteiger partial charge in [-0.05, 0) is 38.5 Å². The Kier molecular flexibility index (Phi) is 4.86. The molecular weight excluding hydrogens is 253 g/mol. The van der Waals surface area contributed by atoms with E-state index in [0.717, 1.165) is 0 Å². The van der Waals surface area contributed by atoms with Crippen molar-refractivity contribution in [3.05, 3.63) is 29.1 Å². The van der Waals surface area contributed by atoms with Crippen LogP contribution < -0.4 is 5.73 Å². The fourth-order valence-corrected chi connectivity index (χ4v) is 1.48. The molecule has 5 nitrogen and oxygen atoms in total. The van der Waals surface area contributed by atoms with Crippen molar-refractivity contribution < 1.29 is 23.5 Å². The van der Waals surface area contributed by atoms with Gasteiger partial charge in [0.15, 0.2) is 6.10 Å². The molecule has 0 radical (unpaired) electrons. The van der Waals surface area contributed by atoms with E-state index in [1.54, 1.807) is 6.92 Å². The smallest absolute Gasteiger partial charge is 0.347 e. The molecule has 1 aromatic carbocycles. The number of rotatable bonds is 4. The molecule has 1 atom stereocenters. The summed E-state index contributed by atoms with van der Waals surface area (Å²) in [7, 11) is 0. The highest BCUT2D eigenvalue weighted by Crippen LogP contribution is 2.18. The molecule has 0 amide bonds. The second-order valence-electron chi connectivity index (χ2n) is 4.00. The van der Waals surface area contributed by atoms with Gasteiger partial charge in [0.25, 0.3) is 0 Å². The molecule has 0 saturated heterocycles. The summed E-state index contributed by atoms with van der Waals surface area (Å²) in [5, 5.41) is 0. The minimum atomic E-state index is -1.10. The molecule has 104 valence electrons. The SMILES string of the molecule is CCOC(=O)C(C)OC(=O)c1cc(N)cc(C)c1F. The number of esters is 2. The molecule has 0 aliphatic rings. The number of benzene rings is 1. The van der Waals surface area contributed by atoms with Crippen molar-refractivity contribution in [2.45, 2.75) is 26.9 Å². The maximum atomic E-state index is 13.8. The van der Waals surface area contributed by atoms with E-state index >= 15 is 0 Å². The van der Waals surface area contributed by atoms with Crippen molar-refractivity contribution >= 4 is 17.6 Å². The summed E-state index contributed by atoms with van der Waals surface area (Å²) in [6.07, 6.45) is -1.10. The normalized spacial score (nSPS) is 11.8. The third-order valence-corrected chi connectivity index (χ3v) is 2.40. The van der Waals surface area contributed by atoms with Crippen LogP contribution in [-0.4, -0.2) is 24.6 Å². The molecule has 19 heavy (non-hydrogen) atoms. The number of hydrogen-bond acceptors (Lipinski definition) is 5. The number of anilines is 1. The van der Waals surface area contributed by atoms with Gasteiger partial charge in [-0.1, -0.05) is 0 Å². The zero-order valence-electron chi connectivity index (χ0n) is 11.0. The lowest BCUT2D eigenvalue weighted by Gasteiger charge is -2.13. The molecule has 0 heterocycles. The van der Waals surface area contributed by atoms with Gasteiger partial charge in [-0.15, -0.1) is 0 Å². The molecule has 0 aromatic heterocycles. The highest BCUT2D eigenvalue weighted by Gasteiger charge is 2.23. The number of carbonyl (C=O) groups is 2. The Bertz CT molecular complexity index is 502. The van der Waals surface area contributed by atoms with E-state index in [9.17, 15) is 14.0 Å². The summed E-state index contributed by atoms with van der Waals surface area (Å²) >= 11 is 0. The molecule has 0 aliphatic carbocycles. The summed E-state index contributed by atoms with van der Waals surface area (Å²) in [6, 6.07) is 2.57. The van der Waals surface area contributed by atoms with Crippen LogP contribution in [-0.2, 0) is 14.3 Å². The third kappa shape index (κ3) is 3.67. The van der Waals surface area contributed by atoms with E-state index in [1.807, 2.05) is 0 Å². The van der Waals surface area contributed by atoms with Gasteiger partial charge in [0.1, 0.15) is 5.82 Å². The topological polar surface area (TPSA) is 78.6 Å². The molecule has 0 saturated carbocycles. The van der Waals surface area contributed by atoms with Crippen LogP contribution in [0.2, 0.25) is 0 Å². The van der Waals surface area contributed by atoms with Crippen LogP contribution in [0.15, 0.2) is 12.1 Å². The van der Waals surface area contributed by atoms with E-state index in [0.29, 0.717) is 0 Å². The number of hydrogen-bond donors (Lipinski definition) is 1. The fourth-order valence-electron chi connectivity index (χ4n) is 1.48. The number of aryl methyl sites for hydroxylation is 1. The Balaban J connectivity index is 2.87.